The molecule has 23 heavy (non-hydrogen) atoms. The molecular formula is C17H26INO3S. The molecule has 4 atom stereocenters. The van der Waals surface area contributed by atoms with Crippen molar-refractivity contribution in [3.63, 3.8) is 0 Å². The smallest absolute Gasteiger partial charge is 0.166 e. The minimum absolute atomic E-state index is 0.0778. The zero-order valence-electron chi connectivity index (χ0n) is 13.9. The Bertz CT molecular complexity index is 482. The lowest BCUT2D eigenvalue weighted by molar-refractivity contribution is -0.157. The second-order valence-corrected chi connectivity index (χ2v) is 10.8. The van der Waals surface area contributed by atoms with Crippen LogP contribution in [-0.4, -0.2) is 41.6 Å². The van der Waals surface area contributed by atoms with Gasteiger partial charge in [-0.15, -0.1) is 4.31 Å². The fraction of sp³-hybridized carbons (Fsp3) is 0.647. The molecule has 1 unspecified atom stereocenters. The Morgan fingerprint density at radius 1 is 1.30 bits per heavy atom. The van der Waals surface area contributed by atoms with Crippen LogP contribution in [-0.2, 0) is 22.6 Å². The predicted molar refractivity (Wildman–Crippen MR) is 103 cm³/mol. The lowest BCUT2D eigenvalue weighted by Gasteiger charge is -2.37. The first kappa shape index (κ1) is 19.5. The number of ether oxygens (including phenoxy) is 1. The van der Waals surface area contributed by atoms with Gasteiger partial charge in [-0.2, -0.15) is 0 Å². The summed E-state index contributed by atoms with van der Waals surface area (Å²) in [7, 11) is 0. The van der Waals surface area contributed by atoms with E-state index in [1.165, 1.54) is 0 Å². The second-order valence-electron chi connectivity index (χ2n) is 6.91. The fourth-order valence-electron chi connectivity index (χ4n) is 2.56. The molecule has 0 radical (unpaired) electrons. The normalized spacial score (nSPS) is 27.2. The summed E-state index contributed by atoms with van der Waals surface area (Å²) in [6, 6.07) is 10.1. The van der Waals surface area contributed by atoms with E-state index in [2.05, 4.69) is 22.6 Å². The average Bonchev–Trinajstić information content (AvgIpc) is 2.49. The molecule has 6 heteroatoms. The van der Waals surface area contributed by atoms with Gasteiger partial charge in [0, 0.05) is 11.4 Å². The highest BCUT2D eigenvalue weighted by atomic mass is 127. The van der Waals surface area contributed by atoms with E-state index in [-0.39, 0.29) is 14.8 Å². The van der Waals surface area contributed by atoms with Crippen molar-refractivity contribution in [3.8, 4) is 0 Å². The quantitative estimate of drug-likeness (QED) is 0.424. The Morgan fingerprint density at radius 2 is 1.96 bits per heavy atom. The van der Waals surface area contributed by atoms with Crippen molar-refractivity contribution < 1.29 is 14.4 Å². The minimum Gasteiger partial charge on any atom is -0.597 e. The van der Waals surface area contributed by atoms with Crippen LogP contribution in [0.25, 0.3) is 0 Å². The molecule has 1 aliphatic rings. The Morgan fingerprint density at radius 3 is 2.52 bits per heavy atom. The number of benzene rings is 1. The van der Waals surface area contributed by atoms with Crippen LogP contribution in [0.1, 0.15) is 39.2 Å². The summed E-state index contributed by atoms with van der Waals surface area (Å²) in [4.78, 5) is 0. The molecule has 4 nitrogen and oxygen atoms in total. The zero-order chi connectivity index (χ0) is 17.0. The summed E-state index contributed by atoms with van der Waals surface area (Å²) < 4.78 is 20.4. The maximum atomic E-state index is 12.9. The first-order valence-electron chi connectivity index (χ1n) is 7.96. The second kappa shape index (κ2) is 8.49. The molecule has 0 aromatic heterocycles. The molecule has 1 aromatic rings. The predicted octanol–water partition coefficient (Wildman–Crippen LogP) is 3.25. The van der Waals surface area contributed by atoms with E-state index in [1.54, 1.807) is 0 Å². The summed E-state index contributed by atoms with van der Waals surface area (Å²) in [5.41, 5.74) is 1.13. The molecule has 1 fully saturated rings. The molecule has 1 aromatic carbocycles. The van der Waals surface area contributed by atoms with Gasteiger partial charge in [-0.05, 0) is 39.2 Å². The number of alkyl halides is 1. The highest BCUT2D eigenvalue weighted by Gasteiger charge is 2.37. The van der Waals surface area contributed by atoms with E-state index < -0.39 is 17.7 Å². The Labute approximate surface area is 156 Å². The monoisotopic (exact) mass is 451 g/mol. The van der Waals surface area contributed by atoms with Crippen LogP contribution in [0.2, 0.25) is 0 Å². The van der Waals surface area contributed by atoms with Crippen molar-refractivity contribution >= 4 is 34.0 Å². The standard InChI is InChI=1S/C17H26INO3S/c1-17(2,3)23(21)19(11-13-7-5-4-6-8-13)12-14-9-10-15(18)16(20)22-14/h4-8,14-16,20H,9-12H2,1-3H3/t14-,15+,16+,23?/m0/s1. The van der Waals surface area contributed by atoms with Gasteiger partial charge < -0.3 is 14.4 Å². The molecule has 2 rings (SSSR count). The zero-order valence-corrected chi connectivity index (χ0v) is 16.9. The molecule has 0 spiro atoms. The highest BCUT2D eigenvalue weighted by Crippen LogP contribution is 2.28. The van der Waals surface area contributed by atoms with Crippen LogP contribution in [0, 0.1) is 0 Å². The summed E-state index contributed by atoms with van der Waals surface area (Å²) in [5.74, 6) is 0. The topological polar surface area (TPSA) is 55.8 Å². The lowest BCUT2D eigenvalue weighted by Crippen LogP contribution is -2.48. The molecule has 1 N–H and O–H groups in total. The molecule has 1 saturated heterocycles. The van der Waals surface area contributed by atoms with E-state index in [1.807, 2.05) is 55.4 Å². The van der Waals surface area contributed by atoms with Crippen molar-refractivity contribution in [3.05, 3.63) is 35.9 Å². The fourth-order valence-corrected chi connectivity index (χ4v) is 4.44. The lowest BCUT2D eigenvalue weighted by atomic mass is 10.1. The molecule has 0 aliphatic carbocycles. The van der Waals surface area contributed by atoms with Crippen molar-refractivity contribution in [2.75, 3.05) is 6.54 Å². The van der Waals surface area contributed by atoms with E-state index >= 15 is 0 Å². The summed E-state index contributed by atoms with van der Waals surface area (Å²) in [6.45, 7) is 7.14. The van der Waals surface area contributed by atoms with E-state index in [9.17, 15) is 9.66 Å². The number of hydrogen-bond acceptors (Lipinski definition) is 4. The number of halogens is 1. The van der Waals surface area contributed by atoms with Crippen LogP contribution < -0.4 is 0 Å². The van der Waals surface area contributed by atoms with Crippen molar-refractivity contribution in [1.82, 2.24) is 4.31 Å². The van der Waals surface area contributed by atoms with E-state index in [0.717, 1.165) is 18.4 Å². The van der Waals surface area contributed by atoms with Gasteiger partial charge in [0.1, 0.15) is 4.75 Å². The van der Waals surface area contributed by atoms with Gasteiger partial charge in [0.05, 0.1) is 23.1 Å². The molecule has 1 aliphatic heterocycles. The van der Waals surface area contributed by atoms with Gasteiger partial charge >= 0.3 is 0 Å². The number of rotatable bonds is 5. The van der Waals surface area contributed by atoms with Crippen LogP contribution in [0.4, 0.5) is 0 Å². The van der Waals surface area contributed by atoms with Crippen molar-refractivity contribution in [1.29, 1.82) is 0 Å². The van der Waals surface area contributed by atoms with Crippen LogP contribution >= 0.6 is 22.6 Å². The number of aliphatic hydroxyl groups excluding tert-OH is 1. The molecule has 1 heterocycles. The molecule has 130 valence electrons. The maximum absolute atomic E-state index is 12.9. The Hall–Kier alpha value is 0.140. The van der Waals surface area contributed by atoms with Crippen LogP contribution in [0.3, 0.4) is 0 Å². The third-order valence-corrected chi connectivity index (χ3v) is 6.81. The van der Waals surface area contributed by atoms with Crippen molar-refractivity contribution in [2.45, 2.75) is 61.2 Å². The van der Waals surface area contributed by atoms with Gasteiger partial charge in [0.25, 0.3) is 0 Å². The number of aliphatic hydroxyl groups is 1. The highest BCUT2D eigenvalue weighted by molar-refractivity contribution is 14.1. The first-order chi connectivity index (χ1) is 10.8. The summed E-state index contributed by atoms with van der Waals surface area (Å²) in [5, 5.41) is 9.93. The summed E-state index contributed by atoms with van der Waals surface area (Å²) in [6.07, 6.45) is 1.01. The number of hydrogen-bond donors (Lipinski definition) is 1. The third kappa shape index (κ3) is 5.86. The largest absolute Gasteiger partial charge is 0.597 e. The molecule has 0 amide bonds. The summed E-state index contributed by atoms with van der Waals surface area (Å²) >= 11 is 1.10. The molecular weight excluding hydrogens is 425 g/mol. The van der Waals surface area contributed by atoms with Crippen molar-refractivity contribution in [2.24, 2.45) is 0 Å². The molecule has 0 saturated carbocycles. The SMILES string of the molecule is CC(C)(C)[S+]([O-])N(Cc1ccccc1)C[C@@H]1CC[C@@H](I)[C@H](O)O1. The van der Waals surface area contributed by atoms with Crippen LogP contribution in [0.5, 0.6) is 0 Å². The van der Waals surface area contributed by atoms with Gasteiger partial charge in [-0.25, -0.2) is 0 Å². The van der Waals surface area contributed by atoms with Gasteiger partial charge in [-0.3, -0.25) is 0 Å². The van der Waals surface area contributed by atoms with E-state index in [0.29, 0.717) is 13.1 Å². The van der Waals surface area contributed by atoms with Gasteiger partial charge in [-0.1, -0.05) is 52.9 Å². The van der Waals surface area contributed by atoms with Gasteiger partial charge in [0.2, 0.25) is 0 Å². The number of nitrogens with zero attached hydrogens (tertiary/aromatic N) is 1. The van der Waals surface area contributed by atoms with E-state index in [4.69, 9.17) is 4.74 Å². The Balaban J connectivity index is 2.07. The Kier molecular flexibility index (Phi) is 7.18. The average molecular weight is 451 g/mol. The van der Waals surface area contributed by atoms with Gasteiger partial charge in [0.15, 0.2) is 6.29 Å². The third-order valence-electron chi connectivity index (χ3n) is 3.77. The molecule has 0 bridgehead atoms. The first-order valence-corrected chi connectivity index (χ1v) is 10.3. The maximum Gasteiger partial charge on any atom is 0.166 e. The van der Waals surface area contributed by atoms with Crippen LogP contribution in [0.15, 0.2) is 30.3 Å². The minimum atomic E-state index is -1.13.